The molecule has 17 heavy (non-hydrogen) atoms. The van der Waals surface area contributed by atoms with Gasteiger partial charge in [-0.2, -0.15) is 0 Å². The number of rotatable bonds is 5. The minimum absolute atomic E-state index is 0.136. The Morgan fingerprint density at radius 3 is 2.71 bits per heavy atom. The first-order chi connectivity index (χ1) is 8.15. The molecule has 0 spiro atoms. The summed E-state index contributed by atoms with van der Waals surface area (Å²) in [7, 11) is 0. The van der Waals surface area contributed by atoms with Gasteiger partial charge in [0.05, 0.1) is 6.10 Å². The molecule has 0 amide bonds. The summed E-state index contributed by atoms with van der Waals surface area (Å²) in [6, 6.07) is 6.88. The van der Waals surface area contributed by atoms with Gasteiger partial charge >= 0.3 is 0 Å². The van der Waals surface area contributed by atoms with Gasteiger partial charge in [0.2, 0.25) is 0 Å². The Hall–Kier alpha value is -0.820. The predicted molar refractivity (Wildman–Crippen MR) is 72.2 cm³/mol. The second-order valence-electron chi connectivity index (χ2n) is 5.78. The van der Waals surface area contributed by atoms with Crippen molar-refractivity contribution in [2.45, 2.75) is 58.5 Å². The highest BCUT2D eigenvalue weighted by Crippen LogP contribution is 2.23. The predicted octanol–water partition coefficient (Wildman–Crippen LogP) is 3.51. The zero-order chi connectivity index (χ0) is 12.3. The van der Waals surface area contributed by atoms with Gasteiger partial charge in [-0.05, 0) is 61.1 Å². The van der Waals surface area contributed by atoms with E-state index in [0.29, 0.717) is 5.92 Å². The van der Waals surface area contributed by atoms with Crippen LogP contribution in [-0.2, 0) is 19.3 Å². The standard InChI is InChI=1S/C16H24O/c1-12(2)10-16(17)9-7-13-6-8-14-4-3-5-15(14)11-13/h6,8,11-12,16-17H,3-5,7,9-10H2,1-2H3. The van der Waals surface area contributed by atoms with E-state index in [0.717, 1.165) is 19.3 Å². The second-order valence-corrected chi connectivity index (χ2v) is 5.78. The highest BCUT2D eigenvalue weighted by molar-refractivity contribution is 5.35. The van der Waals surface area contributed by atoms with Gasteiger partial charge in [0.25, 0.3) is 0 Å². The van der Waals surface area contributed by atoms with Crippen LogP contribution in [0.2, 0.25) is 0 Å². The van der Waals surface area contributed by atoms with Crippen LogP contribution in [0.5, 0.6) is 0 Å². The number of aliphatic hydroxyl groups excluding tert-OH is 1. The van der Waals surface area contributed by atoms with Crippen molar-refractivity contribution in [3.8, 4) is 0 Å². The topological polar surface area (TPSA) is 20.2 Å². The third-order valence-corrected chi connectivity index (χ3v) is 3.67. The maximum absolute atomic E-state index is 9.87. The lowest BCUT2D eigenvalue weighted by Gasteiger charge is -2.13. The normalized spacial score (nSPS) is 16.2. The number of hydrogen-bond donors (Lipinski definition) is 1. The number of aryl methyl sites for hydroxylation is 3. The molecular weight excluding hydrogens is 208 g/mol. The second kappa shape index (κ2) is 5.68. The molecule has 0 radical (unpaired) electrons. The molecule has 1 aromatic carbocycles. The van der Waals surface area contributed by atoms with Gasteiger partial charge in [-0.1, -0.05) is 32.0 Å². The number of hydrogen-bond acceptors (Lipinski definition) is 1. The summed E-state index contributed by atoms with van der Waals surface area (Å²) in [5.41, 5.74) is 4.48. The largest absolute Gasteiger partial charge is 0.393 e. The number of aliphatic hydroxyl groups is 1. The van der Waals surface area contributed by atoms with E-state index >= 15 is 0 Å². The summed E-state index contributed by atoms with van der Waals surface area (Å²) in [4.78, 5) is 0. The Kier molecular flexibility index (Phi) is 4.22. The Labute approximate surface area is 105 Å². The molecule has 1 aromatic rings. The smallest absolute Gasteiger partial charge is 0.0545 e. The van der Waals surface area contributed by atoms with Crippen LogP contribution in [0.1, 0.15) is 49.8 Å². The van der Waals surface area contributed by atoms with E-state index in [9.17, 15) is 5.11 Å². The quantitative estimate of drug-likeness (QED) is 0.823. The summed E-state index contributed by atoms with van der Waals surface area (Å²) in [5.74, 6) is 0.588. The van der Waals surface area contributed by atoms with Gasteiger partial charge in [0.1, 0.15) is 0 Å². The summed E-state index contributed by atoms with van der Waals surface area (Å²) in [5, 5.41) is 9.87. The average Bonchev–Trinajstić information content (AvgIpc) is 2.72. The van der Waals surface area contributed by atoms with Crippen LogP contribution in [0.4, 0.5) is 0 Å². The monoisotopic (exact) mass is 232 g/mol. The number of fused-ring (bicyclic) bond motifs is 1. The molecule has 2 rings (SSSR count). The van der Waals surface area contributed by atoms with Gasteiger partial charge in [-0.3, -0.25) is 0 Å². The van der Waals surface area contributed by atoms with E-state index in [4.69, 9.17) is 0 Å². The molecule has 1 heteroatoms. The van der Waals surface area contributed by atoms with Crippen LogP contribution in [0.15, 0.2) is 18.2 Å². The van der Waals surface area contributed by atoms with Crippen molar-refractivity contribution in [1.29, 1.82) is 0 Å². The fraction of sp³-hybridized carbons (Fsp3) is 0.625. The minimum Gasteiger partial charge on any atom is -0.393 e. The van der Waals surface area contributed by atoms with Crippen LogP contribution in [0.3, 0.4) is 0 Å². The van der Waals surface area contributed by atoms with Crippen molar-refractivity contribution in [2.24, 2.45) is 5.92 Å². The lowest BCUT2D eigenvalue weighted by Crippen LogP contribution is -2.11. The Bertz CT molecular complexity index is 368. The molecule has 1 aliphatic carbocycles. The first-order valence-corrected chi connectivity index (χ1v) is 6.94. The van der Waals surface area contributed by atoms with Gasteiger partial charge < -0.3 is 5.11 Å². The Morgan fingerprint density at radius 2 is 1.94 bits per heavy atom. The third kappa shape index (κ3) is 3.57. The SMILES string of the molecule is CC(C)CC(O)CCc1ccc2c(c1)CCC2. The zero-order valence-electron chi connectivity index (χ0n) is 11.1. The van der Waals surface area contributed by atoms with Crippen molar-refractivity contribution in [2.75, 3.05) is 0 Å². The molecule has 0 fully saturated rings. The Balaban J connectivity index is 1.87. The highest BCUT2D eigenvalue weighted by atomic mass is 16.3. The lowest BCUT2D eigenvalue weighted by molar-refractivity contribution is 0.140. The third-order valence-electron chi connectivity index (χ3n) is 3.67. The first kappa shape index (κ1) is 12.6. The van der Waals surface area contributed by atoms with Gasteiger partial charge in [0, 0.05) is 0 Å². The summed E-state index contributed by atoms with van der Waals surface area (Å²) >= 11 is 0. The van der Waals surface area contributed by atoms with E-state index in [2.05, 4.69) is 32.0 Å². The molecule has 0 aliphatic heterocycles. The van der Waals surface area contributed by atoms with Crippen molar-refractivity contribution in [3.63, 3.8) is 0 Å². The molecule has 0 heterocycles. The van der Waals surface area contributed by atoms with Crippen molar-refractivity contribution in [3.05, 3.63) is 34.9 Å². The molecule has 1 N–H and O–H groups in total. The maximum Gasteiger partial charge on any atom is 0.0545 e. The minimum atomic E-state index is -0.136. The van der Waals surface area contributed by atoms with Crippen LogP contribution >= 0.6 is 0 Å². The molecule has 0 aromatic heterocycles. The van der Waals surface area contributed by atoms with Gasteiger partial charge in [0.15, 0.2) is 0 Å². The van der Waals surface area contributed by atoms with E-state index in [1.54, 1.807) is 5.56 Å². The lowest BCUT2D eigenvalue weighted by atomic mass is 9.98. The van der Waals surface area contributed by atoms with Gasteiger partial charge in [-0.25, -0.2) is 0 Å². The molecule has 1 unspecified atom stereocenters. The molecule has 0 saturated heterocycles. The highest BCUT2D eigenvalue weighted by Gasteiger charge is 2.12. The molecule has 0 bridgehead atoms. The Morgan fingerprint density at radius 1 is 1.18 bits per heavy atom. The van der Waals surface area contributed by atoms with E-state index in [1.165, 1.54) is 30.4 Å². The fourth-order valence-corrected chi connectivity index (χ4v) is 2.78. The van der Waals surface area contributed by atoms with Crippen LogP contribution in [-0.4, -0.2) is 11.2 Å². The first-order valence-electron chi connectivity index (χ1n) is 6.94. The molecular formula is C16H24O. The van der Waals surface area contributed by atoms with Crippen molar-refractivity contribution >= 4 is 0 Å². The summed E-state index contributed by atoms with van der Waals surface area (Å²) in [6.07, 6.45) is 6.52. The molecule has 94 valence electrons. The van der Waals surface area contributed by atoms with E-state index in [1.807, 2.05) is 0 Å². The molecule has 1 nitrogen and oxygen atoms in total. The van der Waals surface area contributed by atoms with E-state index < -0.39 is 0 Å². The molecule has 1 atom stereocenters. The van der Waals surface area contributed by atoms with Gasteiger partial charge in [-0.15, -0.1) is 0 Å². The van der Waals surface area contributed by atoms with Crippen molar-refractivity contribution < 1.29 is 5.11 Å². The van der Waals surface area contributed by atoms with Crippen LogP contribution in [0.25, 0.3) is 0 Å². The number of benzene rings is 1. The molecule has 1 aliphatic rings. The zero-order valence-corrected chi connectivity index (χ0v) is 11.1. The van der Waals surface area contributed by atoms with Crippen LogP contribution in [0, 0.1) is 5.92 Å². The summed E-state index contributed by atoms with van der Waals surface area (Å²) in [6.45, 7) is 4.33. The summed E-state index contributed by atoms with van der Waals surface area (Å²) < 4.78 is 0. The maximum atomic E-state index is 9.87. The molecule has 0 saturated carbocycles. The van der Waals surface area contributed by atoms with Crippen LogP contribution < -0.4 is 0 Å². The average molecular weight is 232 g/mol. The van der Waals surface area contributed by atoms with Crippen molar-refractivity contribution in [1.82, 2.24) is 0 Å². The van der Waals surface area contributed by atoms with E-state index in [-0.39, 0.29) is 6.10 Å². The fourth-order valence-electron chi connectivity index (χ4n) is 2.78.